The number of carbonyl (C=O) groups excluding carboxylic acids is 3. The molecule has 8 heteroatoms. The van der Waals surface area contributed by atoms with E-state index in [0.29, 0.717) is 5.69 Å². The number of hydrogen-bond donors (Lipinski definition) is 0. The van der Waals surface area contributed by atoms with E-state index in [-0.39, 0.29) is 17.9 Å². The molecule has 0 radical (unpaired) electrons. The van der Waals surface area contributed by atoms with Gasteiger partial charge in [0.15, 0.2) is 0 Å². The van der Waals surface area contributed by atoms with Crippen molar-refractivity contribution >= 4 is 17.9 Å². The van der Waals surface area contributed by atoms with E-state index in [4.69, 9.17) is 4.74 Å². The highest BCUT2D eigenvalue weighted by molar-refractivity contribution is 6.02. The van der Waals surface area contributed by atoms with Crippen molar-refractivity contribution in [2.24, 2.45) is 7.05 Å². The molecule has 1 atom stereocenters. The topological polar surface area (TPSA) is 81.1 Å². The lowest BCUT2D eigenvalue weighted by Crippen LogP contribution is -2.32. The van der Waals surface area contributed by atoms with Gasteiger partial charge < -0.3 is 14.0 Å². The summed E-state index contributed by atoms with van der Waals surface area (Å²) in [5.41, 5.74) is 0.572. The van der Waals surface area contributed by atoms with Crippen molar-refractivity contribution in [1.29, 1.82) is 0 Å². The van der Waals surface area contributed by atoms with Crippen LogP contribution in [-0.2, 0) is 21.3 Å². The van der Waals surface area contributed by atoms with Gasteiger partial charge in [-0.1, -0.05) is 0 Å². The number of aryl methyl sites for hydroxylation is 1. The first-order valence-electron chi connectivity index (χ1n) is 6.12. The van der Waals surface area contributed by atoms with Gasteiger partial charge in [0.25, 0.3) is 5.91 Å². The third-order valence-corrected chi connectivity index (χ3v) is 3.04. The summed E-state index contributed by atoms with van der Waals surface area (Å²) >= 11 is 0. The Bertz CT molecular complexity index is 540. The van der Waals surface area contributed by atoms with Gasteiger partial charge in [-0.2, -0.15) is 0 Å². The summed E-state index contributed by atoms with van der Waals surface area (Å²) in [6.07, 6.45) is 1.05. The zero-order chi connectivity index (χ0) is 16.2. The van der Waals surface area contributed by atoms with Crippen LogP contribution in [0, 0.1) is 0 Å². The average Bonchev–Trinajstić information content (AvgIpc) is 2.98. The van der Waals surface area contributed by atoms with Crippen LogP contribution < -0.4 is 0 Å². The van der Waals surface area contributed by atoms with E-state index in [1.54, 1.807) is 29.9 Å². The molecule has 1 aromatic heterocycles. The largest absolute Gasteiger partial charge is 0.464 e. The minimum Gasteiger partial charge on any atom is -0.464 e. The van der Waals surface area contributed by atoms with Crippen LogP contribution in [0.1, 0.15) is 10.5 Å². The summed E-state index contributed by atoms with van der Waals surface area (Å²) in [4.78, 5) is 35.3. The van der Waals surface area contributed by atoms with E-state index in [2.05, 4.69) is 4.74 Å². The Kier molecular flexibility index (Phi) is 5.48. The second-order valence-corrected chi connectivity index (χ2v) is 4.37. The molecule has 1 aliphatic rings. The minimum atomic E-state index is -0.743. The van der Waals surface area contributed by atoms with Crippen molar-refractivity contribution in [2.45, 2.75) is 6.23 Å². The molecule has 0 bridgehead atoms. The number of likely N-dealkylation sites (N-methyl/N-ethyl adjacent to an activating group) is 2. The molecule has 2 heterocycles. The molecule has 0 aromatic carbocycles. The van der Waals surface area contributed by atoms with Gasteiger partial charge in [-0.25, -0.2) is 9.59 Å². The Morgan fingerprint density at radius 1 is 1.19 bits per heavy atom. The Balaban J connectivity index is 0.000000211. The summed E-state index contributed by atoms with van der Waals surface area (Å²) in [6, 6.07) is 3.18. The van der Waals surface area contributed by atoms with Gasteiger partial charge in [-0.15, -0.1) is 0 Å². The standard InChI is InChI=1S/C7H9NO2.C6H10N2O3/c1-8-5-3-4-6(8)7(9)10-2;1-7-4(9)5(11-3)8(2)6(7)10/h3-5H,1-2H3;5H,1-3H3. The molecule has 0 aliphatic carbocycles. The zero-order valence-electron chi connectivity index (χ0n) is 12.7. The monoisotopic (exact) mass is 297 g/mol. The van der Waals surface area contributed by atoms with E-state index >= 15 is 0 Å². The maximum absolute atomic E-state index is 11.1. The third kappa shape index (κ3) is 3.40. The summed E-state index contributed by atoms with van der Waals surface area (Å²) in [5.74, 6) is -0.618. The molecule has 1 saturated heterocycles. The van der Waals surface area contributed by atoms with E-state index in [9.17, 15) is 14.4 Å². The molecule has 2 rings (SSSR count). The van der Waals surface area contributed by atoms with Gasteiger partial charge in [0.05, 0.1) is 7.11 Å². The lowest BCUT2D eigenvalue weighted by atomic mass is 10.4. The molecular weight excluding hydrogens is 278 g/mol. The van der Waals surface area contributed by atoms with Crippen LogP contribution in [-0.4, -0.2) is 66.8 Å². The van der Waals surface area contributed by atoms with Gasteiger partial charge >= 0.3 is 12.0 Å². The lowest BCUT2D eigenvalue weighted by Gasteiger charge is -2.12. The number of ether oxygens (including phenoxy) is 2. The highest BCUT2D eigenvalue weighted by atomic mass is 16.5. The SMILES string of the molecule is COC(=O)c1cccn1C.COC1C(=O)N(C)C(=O)N1C. The van der Waals surface area contributed by atoms with Gasteiger partial charge in [0.2, 0.25) is 6.23 Å². The predicted molar refractivity (Wildman–Crippen MR) is 73.5 cm³/mol. The number of hydrogen-bond acceptors (Lipinski definition) is 5. The van der Waals surface area contributed by atoms with Crippen molar-refractivity contribution in [1.82, 2.24) is 14.4 Å². The summed E-state index contributed by atoms with van der Waals surface area (Å²) in [5, 5.41) is 0. The van der Waals surface area contributed by atoms with Crippen LogP contribution in [0.2, 0.25) is 0 Å². The molecule has 8 nitrogen and oxygen atoms in total. The highest BCUT2D eigenvalue weighted by Crippen LogP contribution is 2.13. The predicted octanol–water partition coefficient (Wildman–Crippen LogP) is 0.294. The molecule has 3 amide bonds. The zero-order valence-corrected chi connectivity index (χ0v) is 12.7. The fourth-order valence-electron chi connectivity index (χ4n) is 1.80. The highest BCUT2D eigenvalue weighted by Gasteiger charge is 2.40. The van der Waals surface area contributed by atoms with Crippen LogP contribution >= 0.6 is 0 Å². The van der Waals surface area contributed by atoms with Crippen LogP contribution in [0.15, 0.2) is 18.3 Å². The normalized spacial score (nSPS) is 17.7. The molecule has 0 spiro atoms. The van der Waals surface area contributed by atoms with Crippen molar-refractivity contribution in [3.05, 3.63) is 24.0 Å². The van der Waals surface area contributed by atoms with E-state index in [0.717, 1.165) is 4.90 Å². The summed E-state index contributed by atoms with van der Waals surface area (Å²) in [6.45, 7) is 0. The van der Waals surface area contributed by atoms with Crippen molar-refractivity contribution in [2.75, 3.05) is 28.3 Å². The van der Waals surface area contributed by atoms with Crippen LogP contribution in [0.3, 0.4) is 0 Å². The number of imide groups is 1. The molecule has 1 aromatic rings. The van der Waals surface area contributed by atoms with Crippen LogP contribution in [0.4, 0.5) is 4.79 Å². The number of nitrogens with zero attached hydrogens (tertiary/aromatic N) is 3. The number of rotatable bonds is 2. The second kappa shape index (κ2) is 6.89. The van der Waals surface area contributed by atoms with Gasteiger partial charge in [-0.05, 0) is 12.1 Å². The molecule has 1 aliphatic heterocycles. The summed E-state index contributed by atoms with van der Waals surface area (Å²) in [7, 11) is 7.52. The van der Waals surface area contributed by atoms with E-state index in [1.165, 1.54) is 33.2 Å². The molecule has 0 N–H and O–H groups in total. The van der Waals surface area contributed by atoms with Crippen LogP contribution in [0.5, 0.6) is 0 Å². The molecule has 0 saturated carbocycles. The third-order valence-electron chi connectivity index (χ3n) is 3.04. The van der Waals surface area contributed by atoms with Crippen molar-refractivity contribution < 1.29 is 23.9 Å². The lowest BCUT2D eigenvalue weighted by molar-refractivity contribution is -0.137. The molecule has 21 heavy (non-hydrogen) atoms. The Morgan fingerprint density at radius 2 is 1.81 bits per heavy atom. The quantitative estimate of drug-likeness (QED) is 0.579. The average molecular weight is 297 g/mol. The van der Waals surface area contributed by atoms with Crippen molar-refractivity contribution in [3.8, 4) is 0 Å². The smallest absolute Gasteiger partial charge is 0.354 e. The Labute approximate surface area is 122 Å². The Hall–Kier alpha value is -2.35. The first kappa shape index (κ1) is 16.7. The fraction of sp³-hybridized carbons (Fsp3) is 0.462. The first-order valence-corrected chi connectivity index (χ1v) is 6.12. The van der Waals surface area contributed by atoms with Gasteiger partial charge in [0.1, 0.15) is 5.69 Å². The molecular formula is C13H19N3O5. The van der Waals surface area contributed by atoms with E-state index < -0.39 is 6.23 Å². The molecule has 116 valence electrons. The Morgan fingerprint density at radius 3 is 2.10 bits per heavy atom. The first-order chi connectivity index (χ1) is 9.84. The fourth-order valence-corrected chi connectivity index (χ4v) is 1.80. The van der Waals surface area contributed by atoms with Gasteiger partial charge in [-0.3, -0.25) is 14.6 Å². The number of amides is 3. The molecule has 1 unspecified atom stereocenters. The number of methoxy groups -OCH3 is 2. The van der Waals surface area contributed by atoms with Crippen LogP contribution in [0.25, 0.3) is 0 Å². The van der Waals surface area contributed by atoms with Gasteiger partial charge in [0, 0.05) is 34.4 Å². The maximum Gasteiger partial charge on any atom is 0.354 e. The number of carbonyl (C=O) groups is 3. The summed E-state index contributed by atoms with van der Waals surface area (Å²) < 4.78 is 11.0. The number of urea groups is 1. The molecule has 1 fully saturated rings. The van der Waals surface area contributed by atoms with Crippen molar-refractivity contribution in [3.63, 3.8) is 0 Å². The number of esters is 1. The minimum absolute atomic E-state index is 0.299. The number of aromatic nitrogens is 1. The van der Waals surface area contributed by atoms with E-state index in [1.807, 2.05) is 0 Å². The maximum atomic E-state index is 11.1. The second-order valence-electron chi connectivity index (χ2n) is 4.37.